The van der Waals surface area contributed by atoms with Crippen LogP contribution in [0.2, 0.25) is 0 Å². The first-order valence-corrected chi connectivity index (χ1v) is 11.7. The number of methoxy groups -OCH3 is 1. The van der Waals surface area contributed by atoms with E-state index in [2.05, 4.69) is 26.5 Å². The molecule has 1 unspecified atom stereocenters. The SMILES string of the molecule is COC1CCCN(CCCCC(=O)Nc2cccc(-c3nncc4c3CCCC4)c2)C1. The number of nitrogens with zero attached hydrogens (tertiary/aromatic N) is 3. The van der Waals surface area contributed by atoms with E-state index < -0.39 is 0 Å². The third kappa shape index (κ3) is 5.89. The fraction of sp³-hybridized carbons (Fsp3) is 0.560. The number of aryl methyl sites for hydroxylation is 1. The van der Waals surface area contributed by atoms with Gasteiger partial charge in [0.05, 0.1) is 18.0 Å². The molecule has 0 spiro atoms. The van der Waals surface area contributed by atoms with Crippen LogP contribution in [-0.2, 0) is 22.4 Å². The Morgan fingerprint density at radius 3 is 3.03 bits per heavy atom. The molecule has 0 bridgehead atoms. The van der Waals surface area contributed by atoms with Crippen molar-refractivity contribution >= 4 is 11.6 Å². The molecule has 2 heterocycles. The number of benzene rings is 1. The number of aromatic nitrogens is 2. The lowest BCUT2D eigenvalue weighted by Crippen LogP contribution is -2.39. The Kier molecular flexibility index (Phi) is 7.65. The van der Waals surface area contributed by atoms with Crippen molar-refractivity contribution in [3.8, 4) is 11.3 Å². The van der Waals surface area contributed by atoms with Crippen LogP contribution in [0.25, 0.3) is 11.3 Å². The summed E-state index contributed by atoms with van der Waals surface area (Å²) in [6.45, 7) is 3.20. The molecule has 1 aromatic carbocycles. The number of hydrogen-bond acceptors (Lipinski definition) is 5. The van der Waals surface area contributed by atoms with Crippen LogP contribution in [0.5, 0.6) is 0 Å². The van der Waals surface area contributed by atoms with E-state index >= 15 is 0 Å². The minimum atomic E-state index is 0.0757. The number of amides is 1. The summed E-state index contributed by atoms with van der Waals surface area (Å²) >= 11 is 0. The number of unbranched alkanes of at least 4 members (excludes halogenated alkanes) is 1. The second kappa shape index (κ2) is 10.8. The Morgan fingerprint density at radius 2 is 2.13 bits per heavy atom. The molecular formula is C25H34N4O2. The van der Waals surface area contributed by atoms with Gasteiger partial charge in [0.15, 0.2) is 0 Å². The van der Waals surface area contributed by atoms with Gasteiger partial charge in [-0.2, -0.15) is 10.2 Å². The predicted octanol–water partition coefficient (Wildman–Crippen LogP) is 4.24. The highest BCUT2D eigenvalue weighted by Gasteiger charge is 2.19. The molecule has 1 saturated heterocycles. The number of rotatable bonds is 8. The lowest BCUT2D eigenvalue weighted by molar-refractivity contribution is -0.116. The summed E-state index contributed by atoms with van der Waals surface area (Å²) in [5, 5.41) is 11.7. The standard InChI is InChI=1S/C25H34N4O2/c1-31-22-11-7-15-29(18-22)14-5-4-13-24(30)27-21-10-6-9-19(16-21)25-23-12-3-2-8-20(23)17-26-28-25/h6,9-10,16-17,22H,2-5,7-8,11-15,18H2,1H3,(H,27,30). The van der Waals surface area contributed by atoms with Crippen molar-refractivity contribution in [1.82, 2.24) is 15.1 Å². The van der Waals surface area contributed by atoms with Crippen molar-refractivity contribution < 1.29 is 9.53 Å². The first-order chi connectivity index (χ1) is 15.2. The van der Waals surface area contributed by atoms with Crippen LogP contribution in [0.1, 0.15) is 56.1 Å². The lowest BCUT2D eigenvalue weighted by atomic mass is 9.90. The smallest absolute Gasteiger partial charge is 0.224 e. The zero-order valence-corrected chi connectivity index (χ0v) is 18.6. The molecule has 6 nitrogen and oxygen atoms in total. The van der Waals surface area contributed by atoms with Gasteiger partial charge < -0.3 is 15.0 Å². The first kappa shape index (κ1) is 21.9. The third-order valence-electron chi connectivity index (χ3n) is 6.51. The summed E-state index contributed by atoms with van der Waals surface area (Å²) in [7, 11) is 1.80. The second-order valence-corrected chi connectivity index (χ2v) is 8.79. The molecule has 1 aromatic heterocycles. The van der Waals surface area contributed by atoms with Crippen LogP contribution in [0.3, 0.4) is 0 Å². The Labute approximate surface area is 185 Å². The van der Waals surface area contributed by atoms with Gasteiger partial charge in [0.25, 0.3) is 0 Å². The normalized spacial score (nSPS) is 19.1. The van der Waals surface area contributed by atoms with E-state index in [1.54, 1.807) is 7.11 Å². The van der Waals surface area contributed by atoms with E-state index in [1.807, 2.05) is 24.4 Å². The van der Waals surface area contributed by atoms with Crippen LogP contribution in [-0.4, -0.2) is 53.9 Å². The molecule has 6 heteroatoms. The van der Waals surface area contributed by atoms with Gasteiger partial charge >= 0.3 is 0 Å². The van der Waals surface area contributed by atoms with Gasteiger partial charge in [0.2, 0.25) is 5.91 Å². The van der Waals surface area contributed by atoms with Crippen LogP contribution in [0, 0.1) is 0 Å². The van der Waals surface area contributed by atoms with Crippen molar-refractivity contribution in [3.05, 3.63) is 41.6 Å². The average molecular weight is 423 g/mol. The van der Waals surface area contributed by atoms with Gasteiger partial charge in [-0.05, 0) is 87.7 Å². The van der Waals surface area contributed by atoms with Crippen molar-refractivity contribution in [2.75, 3.05) is 32.1 Å². The monoisotopic (exact) mass is 422 g/mol. The molecule has 1 fully saturated rings. The summed E-state index contributed by atoms with van der Waals surface area (Å²) in [5.41, 5.74) is 5.46. The number of hydrogen-bond donors (Lipinski definition) is 1. The highest BCUT2D eigenvalue weighted by atomic mass is 16.5. The molecule has 1 amide bonds. The third-order valence-corrected chi connectivity index (χ3v) is 6.51. The summed E-state index contributed by atoms with van der Waals surface area (Å²) < 4.78 is 5.49. The van der Waals surface area contributed by atoms with Gasteiger partial charge in [0, 0.05) is 31.3 Å². The number of carbonyl (C=O) groups excluding carboxylic acids is 1. The summed E-state index contributed by atoms with van der Waals surface area (Å²) in [6.07, 6.45) is 11.7. The first-order valence-electron chi connectivity index (χ1n) is 11.7. The number of anilines is 1. The van der Waals surface area contributed by atoms with E-state index in [4.69, 9.17) is 4.74 Å². The zero-order valence-electron chi connectivity index (χ0n) is 18.6. The number of ether oxygens (including phenoxy) is 1. The van der Waals surface area contributed by atoms with E-state index in [0.717, 1.165) is 68.7 Å². The Hall–Kier alpha value is -2.31. The molecule has 2 aliphatic rings. The number of piperidine rings is 1. The van der Waals surface area contributed by atoms with Gasteiger partial charge in [-0.15, -0.1) is 0 Å². The summed E-state index contributed by atoms with van der Waals surface area (Å²) in [5.74, 6) is 0.0757. The average Bonchev–Trinajstić information content (AvgIpc) is 2.82. The summed E-state index contributed by atoms with van der Waals surface area (Å²) in [4.78, 5) is 14.9. The molecule has 2 aromatic rings. The molecule has 1 aliphatic carbocycles. The van der Waals surface area contributed by atoms with Crippen LogP contribution >= 0.6 is 0 Å². The summed E-state index contributed by atoms with van der Waals surface area (Å²) in [6, 6.07) is 8.01. The molecule has 166 valence electrons. The lowest BCUT2D eigenvalue weighted by Gasteiger charge is -2.31. The Balaban J connectivity index is 1.28. The molecule has 4 rings (SSSR count). The second-order valence-electron chi connectivity index (χ2n) is 8.79. The Morgan fingerprint density at radius 1 is 1.23 bits per heavy atom. The van der Waals surface area contributed by atoms with E-state index in [-0.39, 0.29) is 5.91 Å². The fourth-order valence-corrected chi connectivity index (χ4v) is 4.79. The topological polar surface area (TPSA) is 67.3 Å². The van der Waals surface area contributed by atoms with Crippen LogP contribution in [0.4, 0.5) is 5.69 Å². The largest absolute Gasteiger partial charge is 0.380 e. The van der Waals surface area contributed by atoms with Crippen LogP contribution in [0.15, 0.2) is 30.5 Å². The number of likely N-dealkylation sites (tertiary alicyclic amines) is 1. The van der Waals surface area contributed by atoms with Gasteiger partial charge in [0.1, 0.15) is 0 Å². The molecule has 0 radical (unpaired) electrons. The minimum Gasteiger partial charge on any atom is -0.380 e. The van der Waals surface area contributed by atoms with Crippen LogP contribution < -0.4 is 5.32 Å². The minimum absolute atomic E-state index is 0.0757. The highest BCUT2D eigenvalue weighted by Crippen LogP contribution is 2.30. The molecular weight excluding hydrogens is 388 g/mol. The molecule has 1 N–H and O–H groups in total. The van der Waals surface area contributed by atoms with Gasteiger partial charge in [-0.25, -0.2) is 0 Å². The highest BCUT2D eigenvalue weighted by molar-refractivity contribution is 5.91. The molecule has 0 saturated carbocycles. The quantitative estimate of drug-likeness (QED) is 0.645. The van der Waals surface area contributed by atoms with Crippen molar-refractivity contribution in [2.24, 2.45) is 0 Å². The maximum Gasteiger partial charge on any atom is 0.224 e. The number of fused-ring (bicyclic) bond motifs is 1. The van der Waals surface area contributed by atoms with E-state index in [9.17, 15) is 4.79 Å². The maximum atomic E-state index is 12.5. The molecule has 31 heavy (non-hydrogen) atoms. The number of nitrogens with one attached hydrogen (secondary N) is 1. The van der Waals surface area contributed by atoms with Gasteiger partial charge in [-0.1, -0.05) is 12.1 Å². The molecule has 1 aliphatic heterocycles. The predicted molar refractivity (Wildman–Crippen MR) is 123 cm³/mol. The zero-order chi connectivity index (χ0) is 21.5. The van der Waals surface area contributed by atoms with Crippen molar-refractivity contribution in [3.63, 3.8) is 0 Å². The van der Waals surface area contributed by atoms with Crippen molar-refractivity contribution in [1.29, 1.82) is 0 Å². The van der Waals surface area contributed by atoms with Gasteiger partial charge in [-0.3, -0.25) is 4.79 Å². The molecule has 1 atom stereocenters. The van der Waals surface area contributed by atoms with E-state index in [1.165, 1.54) is 30.4 Å². The Bertz CT molecular complexity index is 886. The number of carbonyl (C=O) groups is 1. The fourth-order valence-electron chi connectivity index (χ4n) is 4.79. The maximum absolute atomic E-state index is 12.5. The van der Waals surface area contributed by atoms with Crippen molar-refractivity contribution in [2.45, 2.75) is 63.9 Å². The van der Waals surface area contributed by atoms with E-state index in [0.29, 0.717) is 12.5 Å².